The largest absolute Gasteiger partial charge is 0.349 e. The van der Waals surface area contributed by atoms with Crippen LogP contribution in [0.3, 0.4) is 0 Å². The van der Waals surface area contributed by atoms with Crippen molar-refractivity contribution in [1.29, 1.82) is 0 Å². The molecule has 8 heteroatoms. The molecule has 130 valence electrons. The lowest BCUT2D eigenvalue weighted by Gasteiger charge is -2.18. The van der Waals surface area contributed by atoms with Crippen molar-refractivity contribution in [3.63, 3.8) is 0 Å². The molecule has 0 aliphatic heterocycles. The number of thiazole rings is 1. The normalized spacial score (nSPS) is 11.6. The fourth-order valence-electron chi connectivity index (χ4n) is 2.20. The van der Waals surface area contributed by atoms with Gasteiger partial charge in [-0.1, -0.05) is 0 Å². The van der Waals surface area contributed by atoms with Gasteiger partial charge in [0, 0.05) is 19.1 Å². The second-order valence-corrected chi connectivity index (χ2v) is 7.62. The van der Waals surface area contributed by atoms with E-state index in [0.717, 1.165) is 11.3 Å². The Morgan fingerprint density at radius 2 is 1.92 bits per heavy atom. The molecule has 0 aromatic carbocycles. The van der Waals surface area contributed by atoms with E-state index in [2.05, 4.69) is 15.4 Å². The molecule has 0 aliphatic carbocycles. The van der Waals surface area contributed by atoms with Gasteiger partial charge < -0.3 is 11.1 Å². The highest BCUT2D eigenvalue weighted by Gasteiger charge is 2.22. The van der Waals surface area contributed by atoms with Crippen LogP contribution in [0, 0.1) is 20.8 Å². The maximum Gasteiger partial charge on any atom is 0.277 e. The van der Waals surface area contributed by atoms with Crippen LogP contribution in [0.2, 0.25) is 0 Å². The molecule has 3 N–H and O–H groups in total. The van der Waals surface area contributed by atoms with Gasteiger partial charge in [0.2, 0.25) is 0 Å². The summed E-state index contributed by atoms with van der Waals surface area (Å²) >= 11 is 1.21. The van der Waals surface area contributed by atoms with Crippen LogP contribution in [0.4, 0.5) is 0 Å². The van der Waals surface area contributed by atoms with E-state index in [0.29, 0.717) is 27.7 Å². The third-order valence-corrected chi connectivity index (χ3v) is 4.82. The van der Waals surface area contributed by atoms with Gasteiger partial charge >= 0.3 is 0 Å². The number of hydrogen-bond acceptors (Lipinski definition) is 6. The lowest BCUT2D eigenvalue weighted by molar-refractivity contribution is 0.0949. The minimum absolute atomic E-state index is 0.220. The Balaban J connectivity index is 2.44. The monoisotopic (exact) mass is 349 g/mol. The number of aromatic nitrogens is 3. The number of nitrogens with zero attached hydrogens (tertiary/aromatic N) is 3. The first kappa shape index (κ1) is 18.3. The number of carbonyl (C=O) groups is 1. The molecule has 2 aromatic rings. The maximum atomic E-state index is 12.4. The van der Waals surface area contributed by atoms with Gasteiger partial charge in [0.25, 0.3) is 11.5 Å². The Morgan fingerprint density at radius 1 is 1.29 bits per heavy atom. The first-order chi connectivity index (χ1) is 11.0. The van der Waals surface area contributed by atoms with Crippen LogP contribution in [0.25, 0.3) is 10.6 Å². The van der Waals surface area contributed by atoms with E-state index >= 15 is 0 Å². The predicted octanol–water partition coefficient (Wildman–Crippen LogP) is 1.30. The molecule has 2 heterocycles. The van der Waals surface area contributed by atoms with Crippen molar-refractivity contribution in [2.75, 3.05) is 6.54 Å². The van der Waals surface area contributed by atoms with E-state index in [9.17, 15) is 9.59 Å². The zero-order valence-corrected chi connectivity index (χ0v) is 15.7. The molecule has 0 saturated carbocycles. The first-order valence-electron chi connectivity index (χ1n) is 7.60. The Labute approximate surface area is 144 Å². The number of nitrogens with one attached hydrogen (secondary N) is 1. The summed E-state index contributed by atoms with van der Waals surface area (Å²) in [7, 11) is 1.61. The third kappa shape index (κ3) is 3.70. The van der Waals surface area contributed by atoms with Crippen molar-refractivity contribution in [3.05, 3.63) is 32.2 Å². The van der Waals surface area contributed by atoms with Crippen LogP contribution in [0.1, 0.15) is 40.5 Å². The van der Waals surface area contributed by atoms with Crippen molar-refractivity contribution >= 4 is 17.2 Å². The van der Waals surface area contributed by atoms with Crippen molar-refractivity contribution in [3.8, 4) is 10.6 Å². The summed E-state index contributed by atoms with van der Waals surface area (Å²) in [5.74, 6) is -0.227. The van der Waals surface area contributed by atoms with E-state index < -0.39 is 5.54 Å². The smallest absolute Gasteiger partial charge is 0.277 e. The highest BCUT2D eigenvalue weighted by molar-refractivity contribution is 7.17. The summed E-state index contributed by atoms with van der Waals surface area (Å²) in [5.41, 5.74) is 7.81. The number of amides is 1. The molecule has 0 radical (unpaired) electrons. The molecular formula is C16H23N5O2S. The van der Waals surface area contributed by atoms with Gasteiger partial charge in [0.1, 0.15) is 9.88 Å². The summed E-state index contributed by atoms with van der Waals surface area (Å²) in [6.07, 6.45) is 0. The van der Waals surface area contributed by atoms with E-state index in [1.165, 1.54) is 16.0 Å². The lowest BCUT2D eigenvalue weighted by atomic mass is 10.1. The average molecular weight is 349 g/mol. The Bertz CT molecular complexity index is 845. The molecule has 2 rings (SSSR count). The molecule has 7 nitrogen and oxygen atoms in total. The molecule has 0 bridgehead atoms. The van der Waals surface area contributed by atoms with Crippen LogP contribution in [-0.4, -0.2) is 32.8 Å². The number of carbonyl (C=O) groups excluding carboxylic acids is 1. The van der Waals surface area contributed by atoms with Gasteiger partial charge in [-0.2, -0.15) is 5.10 Å². The minimum Gasteiger partial charge on any atom is -0.349 e. The quantitative estimate of drug-likeness (QED) is 0.866. The number of aryl methyl sites for hydroxylation is 3. The highest BCUT2D eigenvalue weighted by Crippen LogP contribution is 2.28. The zero-order valence-electron chi connectivity index (χ0n) is 14.9. The van der Waals surface area contributed by atoms with Crippen LogP contribution in [0.15, 0.2) is 4.79 Å². The van der Waals surface area contributed by atoms with E-state index in [-0.39, 0.29) is 11.5 Å². The molecule has 0 aliphatic rings. The fourth-order valence-corrected chi connectivity index (χ4v) is 3.28. The minimum atomic E-state index is -0.494. The summed E-state index contributed by atoms with van der Waals surface area (Å²) in [4.78, 5) is 29.7. The van der Waals surface area contributed by atoms with Gasteiger partial charge in [-0.05, 0) is 40.2 Å². The van der Waals surface area contributed by atoms with Gasteiger partial charge in [-0.25, -0.2) is 9.67 Å². The fraction of sp³-hybridized carbons (Fsp3) is 0.500. The molecule has 0 atom stereocenters. The zero-order chi connectivity index (χ0) is 18.2. The van der Waals surface area contributed by atoms with Crippen LogP contribution >= 0.6 is 11.3 Å². The topological polar surface area (TPSA) is 103 Å². The van der Waals surface area contributed by atoms with E-state index in [4.69, 9.17) is 5.73 Å². The summed E-state index contributed by atoms with van der Waals surface area (Å²) in [5, 5.41) is 7.51. The van der Waals surface area contributed by atoms with Gasteiger partial charge in [0.15, 0.2) is 0 Å². The summed E-state index contributed by atoms with van der Waals surface area (Å²) < 4.78 is 1.30. The van der Waals surface area contributed by atoms with Gasteiger partial charge in [-0.15, -0.1) is 11.3 Å². The standard InChI is InChI=1S/C16H23N5O2S/c1-8-9(2)20-21(6)15(23)11(8)14-19-10(3)12(24-14)13(22)18-7-16(4,5)17/h7,17H2,1-6H3,(H,18,22). The number of rotatable bonds is 4. The van der Waals surface area contributed by atoms with Crippen LogP contribution in [-0.2, 0) is 7.05 Å². The number of hydrogen-bond donors (Lipinski definition) is 2. The van der Waals surface area contributed by atoms with E-state index in [1.54, 1.807) is 14.0 Å². The molecule has 0 spiro atoms. The SMILES string of the molecule is Cc1nc(-c2c(C)c(C)nn(C)c2=O)sc1C(=O)NCC(C)(C)N. The molecule has 2 aromatic heterocycles. The lowest BCUT2D eigenvalue weighted by Crippen LogP contribution is -2.45. The first-order valence-corrected chi connectivity index (χ1v) is 8.42. The second kappa shape index (κ2) is 6.45. The molecule has 1 amide bonds. The maximum absolute atomic E-state index is 12.4. The number of nitrogens with two attached hydrogens (primary N) is 1. The van der Waals surface area contributed by atoms with Crippen molar-refractivity contribution in [2.45, 2.75) is 40.2 Å². The van der Waals surface area contributed by atoms with Crippen molar-refractivity contribution in [1.82, 2.24) is 20.1 Å². The Kier molecular flexibility index (Phi) is 4.91. The molecule has 0 unspecified atom stereocenters. The van der Waals surface area contributed by atoms with Crippen molar-refractivity contribution in [2.24, 2.45) is 12.8 Å². The summed E-state index contributed by atoms with van der Waals surface area (Å²) in [6.45, 7) is 9.47. The van der Waals surface area contributed by atoms with Crippen molar-refractivity contribution < 1.29 is 4.79 Å². The third-order valence-electron chi connectivity index (χ3n) is 3.65. The molecule has 0 fully saturated rings. The predicted molar refractivity (Wildman–Crippen MR) is 95.4 cm³/mol. The summed E-state index contributed by atoms with van der Waals surface area (Å²) in [6, 6.07) is 0. The van der Waals surface area contributed by atoms with Crippen LogP contribution in [0.5, 0.6) is 0 Å². The Morgan fingerprint density at radius 3 is 2.50 bits per heavy atom. The molecule has 24 heavy (non-hydrogen) atoms. The Hall–Kier alpha value is -2.06. The average Bonchev–Trinajstić information content (AvgIpc) is 2.84. The van der Waals surface area contributed by atoms with Crippen LogP contribution < -0.4 is 16.6 Å². The van der Waals surface area contributed by atoms with Gasteiger partial charge in [-0.3, -0.25) is 9.59 Å². The molecule has 0 saturated heterocycles. The second-order valence-electron chi connectivity index (χ2n) is 6.62. The van der Waals surface area contributed by atoms with Gasteiger partial charge in [0.05, 0.1) is 17.0 Å². The molecular weight excluding hydrogens is 326 g/mol. The highest BCUT2D eigenvalue weighted by atomic mass is 32.1. The van der Waals surface area contributed by atoms with E-state index in [1.807, 2.05) is 27.7 Å².